The van der Waals surface area contributed by atoms with Crippen molar-refractivity contribution in [3.8, 4) is 0 Å². The minimum Gasteiger partial charge on any atom is -0.348 e. The average Bonchev–Trinajstić information content (AvgIpc) is 2.95. The molecule has 0 saturated carbocycles. The smallest absolute Gasteiger partial charge is 0.251 e. The van der Waals surface area contributed by atoms with Gasteiger partial charge in [0.25, 0.3) is 5.91 Å². The van der Waals surface area contributed by atoms with Gasteiger partial charge in [0.1, 0.15) is 0 Å². The summed E-state index contributed by atoms with van der Waals surface area (Å²) in [6.07, 6.45) is 0. The van der Waals surface area contributed by atoms with E-state index in [4.69, 9.17) is 0 Å². The molecule has 1 amide bonds. The van der Waals surface area contributed by atoms with E-state index in [0.29, 0.717) is 6.54 Å². The fourth-order valence-electron chi connectivity index (χ4n) is 2.63. The summed E-state index contributed by atoms with van der Waals surface area (Å²) < 4.78 is 0. The first kappa shape index (κ1) is 16.5. The molecule has 0 aromatic heterocycles. The summed E-state index contributed by atoms with van der Waals surface area (Å²) >= 11 is 0. The second kappa shape index (κ2) is 6.95. The summed E-state index contributed by atoms with van der Waals surface area (Å²) in [4.78, 5) is 12.2. The lowest BCUT2D eigenvalue weighted by Gasteiger charge is -2.08. The van der Waals surface area contributed by atoms with Crippen LogP contribution in [-0.2, 0) is 19.6 Å². The number of hydrogen-bond donors (Lipinski definition) is 2. The van der Waals surface area contributed by atoms with Crippen LogP contribution in [0.15, 0.2) is 36.4 Å². The summed E-state index contributed by atoms with van der Waals surface area (Å²) in [5.41, 5.74) is 6.92. The lowest BCUT2D eigenvalue weighted by molar-refractivity contribution is 0.0951. The lowest BCUT2D eigenvalue weighted by Crippen LogP contribution is -2.23. The largest absolute Gasteiger partial charge is 0.348 e. The zero-order valence-corrected chi connectivity index (χ0v) is 13.7. The lowest BCUT2D eigenvalue weighted by atomic mass is 10.1. The number of rotatable bonds is 3. The molecule has 0 radical (unpaired) electrons. The molecule has 3 rings (SSSR count). The molecule has 0 bridgehead atoms. The number of halogens is 1. The number of carbonyl (C=O) groups is 1. The van der Waals surface area contributed by atoms with Gasteiger partial charge in [-0.05, 0) is 53.8 Å². The van der Waals surface area contributed by atoms with Crippen LogP contribution < -0.4 is 10.6 Å². The molecule has 0 unspecified atom stereocenters. The minimum atomic E-state index is -0.0169. The minimum absolute atomic E-state index is 0. The summed E-state index contributed by atoms with van der Waals surface area (Å²) in [6.45, 7) is 6.52. The monoisotopic (exact) mass is 316 g/mol. The maximum atomic E-state index is 12.2. The molecule has 0 spiro atoms. The van der Waals surface area contributed by atoms with E-state index in [1.807, 2.05) is 25.1 Å². The van der Waals surface area contributed by atoms with Crippen molar-refractivity contribution >= 4 is 18.3 Å². The summed E-state index contributed by atoms with van der Waals surface area (Å²) in [5, 5.41) is 6.32. The molecule has 1 heterocycles. The highest BCUT2D eigenvalue weighted by molar-refractivity contribution is 5.94. The zero-order chi connectivity index (χ0) is 14.8. The van der Waals surface area contributed by atoms with E-state index in [0.717, 1.165) is 29.8 Å². The standard InChI is InChI=1S/C18H20N2O.ClH/c1-12-3-5-15(7-13(12)2)18(21)20-9-14-4-6-16-10-19-11-17(16)8-14;/h3-8,19H,9-11H2,1-2H3,(H,20,21);1H. The maximum Gasteiger partial charge on any atom is 0.251 e. The van der Waals surface area contributed by atoms with Crippen molar-refractivity contribution in [1.82, 2.24) is 10.6 Å². The molecule has 0 fully saturated rings. The van der Waals surface area contributed by atoms with E-state index < -0.39 is 0 Å². The highest BCUT2D eigenvalue weighted by Crippen LogP contribution is 2.17. The molecule has 1 aliphatic rings. The molecule has 2 aromatic rings. The third-order valence-electron chi connectivity index (χ3n) is 4.12. The Hall–Kier alpha value is -1.84. The van der Waals surface area contributed by atoms with Gasteiger partial charge in [0.15, 0.2) is 0 Å². The molecule has 3 nitrogen and oxygen atoms in total. The molecular formula is C18H21ClN2O. The number of benzene rings is 2. The molecule has 2 N–H and O–H groups in total. The van der Waals surface area contributed by atoms with Crippen LogP contribution in [0.3, 0.4) is 0 Å². The Morgan fingerprint density at radius 2 is 1.82 bits per heavy atom. The zero-order valence-electron chi connectivity index (χ0n) is 12.9. The Morgan fingerprint density at radius 1 is 1.05 bits per heavy atom. The first-order valence-corrected chi connectivity index (χ1v) is 7.30. The average molecular weight is 317 g/mol. The Morgan fingerprint density at radius 3 is 2.59 bits per heavy atom. The number of aryl methyl sites for hydroxylation is 2. The normalized spacial score (nSPS) is 12.5. The van der Waals surface area contributed by atoms with Crippen molar-refractivity contribution in [2.24, 2.45) is 0 Å². The fraction of sp³-hybridized carbons (Fsp3) is 0.278. The van der Waals surface area contributed by atoms with Gasteiger partial charge in [-0.25, -0.2) is 0 Å². The van der Waals surface area contributed by atoms with Gasteiger partial charge < -0.3 is 10.6 Å². The second-order valence-corrected chi connectivity index (χ2v) is 5.69. The van der Waals surface area contributed by atoms with Crippen molar-refractivity contribution in [3.05, 3.63) is 69.8 Å². The number of carbonyl (C=O) groups excluding carboxylic acids is 1. The van der Waals surface area contributed by atoms with Gasteiger partial charge in [0.2, 0.25) is 0 Å². The number of hydrogen-bond acceptors (Lipinski definition) is 2. The van der Waals surface area contributed by atoms with E-state index in [1.54, 1.807) is 0 Å². The quantitative estimate of drug-likeness (QED) is 0.912. The third-order valence-corrected chi connectivity index (χ3v) is 4.12. The first-order valence-electron chi connectivity index (χ1n) is 7.30. The number of amides is 1. The Balaban J connectivity index is 0.00000176. The molecule has 0 saturated heterocycles. The van der Waals surface area contributed by atoms with Crippen LogP contribution >= 0.6 is 12.4 Å². The van der Waals surface area contributed by atoms with Gasteiger partial charge in [-0.15, -0.1) is 12.4 Å². The second-order valence-electron chi connectivity index (χ2n) is 5.69. The topological polar surface area (TPSA) is 41.1 Å². The van der Waals surface area contributed by atoms with Crippen LogP contribution in [0, 0.1) is 13.8 Å². The van der Waals surface area contributed by atoms with Crippen LogP contribution in [0.2, 0.25) is 0 Å². The van der Waals surface area contributed by atoms with E-state index in [1.165, 1.54) is 16.7 Å². The van der Waals surface area contributed by atoms with Crippen molar-refractivity contribution in [2.45, 2.75) is 33.5 Å². The van der Waals surface area contributed by atoms with Crippen molar-refractivity contribution in [1.29, 1.82) is 0 Å². The molecule has 116 valence electrons. The first-order chi connectivity index (χ1) is 10.1. The molecule has 0 atom stereocenters. The van der Waals surface area contributed by atoms with Gasteiger partial charge in [-0.1, -0.05) is 24.3 Å². The third kappa shape index (κ3) is 3.49. The molecule has 4 heteroatoms. The van der Waals surface area contributed by atoms with Crippen molar-refractivity contribution in [2.75, 3.05) is 0 Å². The molecular weight excluding hydrogens is 296 g/mol. The van der Waals surface area contributed by atoms with Crippen LogP contribution in [0.25, 0.3) is 0 Å². The van der Waals surface area contributed by atoms with Gasteiger partial charge in [0, 0.05) is 25.2 Å². The Bertz CT molecular complexity index is 697. The highest BCUT2D eigenvalue weighted by atomic mass is 35.5. The number of fused-ring (bicyclic) bond motifs is 1. The van der Waals surface area contributed by atoms with Gasteiger partial charge in [-0.3, -0.25) is 4.79 Å². The van der Waals surface area contributed by atoms with E-state index >= 15 is 0 Å². The predicted molar refractivity (Wildman–Crippen MR) is 91.3 cm³/mol. The van der Waals surface area contributed by atoms with Gasteiger partial charge >= 0.3 is 0 Å². The van der Waals surface area contributed by atoms with Crippen molar-refractivity contribution < 1.29 is 4.79 Å². The fourth-order valence-corrected chi connectivity index (χ4v) is 2.63. The molecule has 2 aromatic carbocycles. The maximum absolute atomic E-state index is 12.2. The summed E-state index contributed by atoms with van der Waals surface area (Å²) in [6, 6.07) is 12.2. The Labute approximate surface area is 137 Å². The SMILES string of the molecule is Cc1ccc(C(=O)NCc2ccc3c(c2)CNC3)cc1C.Cl. The van der Waals surface area contributed by atoms with Crippen LogP contribution in [0.1, 0.15) is 38.2 Å². The van der Waals surface area contributed by atoms with Gasteiger partial charge in [-0.2, -0.15) is 0 Å². The Kier molecular flexibility index (Phi) is 5.22. The van der Waals surface area contributed by atoms with Crippen LogP contribution in [0.5, 0.6) is 0 Å². The molecule has 1 aliphatic heterocycles. The predicted octanol–water partition coefficient (Wildman–Crippen LogP) is 3.26. The summed E-state index contributed by atoms with van der Waals surface area (Å²) in [7, 11) is 0. The van der Waals surface area contributed by atoms with E-state index in [2.05, 4.69) is 35.8 Å². The van der Waals surface area contributed by atoms with Crippen molar-refractivity contribution in [3.63, 3.8) is 0 Å². The summed E-state index contributed by atoms with van der Waals surface area (Å²) in [5.74, 6) is -0.0169. The highest BCUT2D eigenvalue weighted by Gasteiger charge is 2.11. The van der Waals surface area contributed by atoms with E-state index in [-0.39, 0.29) is 18.3 Å². The van der Waals surface area contributed by atoms with E-state index in [9.17, 15) is 4.79 Å². The molecule has 22 heavy (non-hydrogen) atoms. The molecule has 0 aliphatic carbocycles. The van der Waals surface area contributed by atoms with Gasteiger partial charge in [0.05, 0.1) is 0 Å². The van der Waals surface area contributed by atoms with Crippen LogP contribution in [0.4, 0.5) is 0 Å². The van der Waals surface area contributed by atoms with Crippen LogP contribution in [-0.4, -0.2) is 5.91 Å². The number of nitrogens with one attached hydrogen (secondary N) is 2.